The van der Waals surface area contributed by atoms with Crippen molar-refractivity contribution < 1.29 is 0 Å². The van der Waals surface area contributed by atoms with E-state index in [2.05, 4.69) is 17.1 Å². The van der Waals surface area contributed by atoms with Crippen molar-refractivity contribution in [1.29, 1.82) is 0 Å². The lowest BCUT2D eigenvalue weighted by molar-refractivity contribution is 0.130. The summed E-state index contributed by atoms with van der Waals surface area (Å²) in [5.74, 6) is 2.92. The van der Waals surface area contributed by atoms with E-state index in [9.17, 15) is 0 Å². The van der Waals surface area contributed by atoms with E-state index in [0.717, 1.165) is 23.8 Å². The predicted molar refractivity (Wildman–Crippen MR) is 76.7 cm³/mol. The van der Waals surface area contributed by atoms with Gasteiger partial charge in [-0.05, 0) is 56.4 Å². The molecular weight excluding hydrogens is 220 g/mol. The maximum Gasteiger partial charge on any atom is 0.0198 e. The fourth-order valence-corrected chi connectivity index (χ4v) is 3.97. The van der Waals surface area contributed by atoms with Crippen molar-refractivity contribution in [3.8, 4) is 0 Å². The van der Waals surface area contributed by atoms with Crippen LogP contribution >= 0.6 is 0 Å². The molecule has 2 aliphatic carbocycles. The average Bonchev–Trinajstić information content (AvgIpc) is 3.04. The minimum atomic E-state index is 0.774. The van der Waals surface area contributed by atoms with E-state index in [1.54, 1.807) is 0 Å². The zero-order chi connectivity index (χ0) is 12.4. The highest BCUT2D eigenvalue weighted by molar-refractivity contribution is 4.86. The Labute approximate surface area is 113 Å². The molecule has 1 heterocycles. The van der Waals surface area contributed by atoms with Crippen LogP contribution in [0.5, 0.6) is 0 Å². The van der Waals surface area contributed by atoms with Gasteiger partial charge in [-0.25, -0.2) is 0 Å². The molecule has 2 saturated carbocycles. The van der Waals surface area contributed by atoms with Gasteiger partial charge in [-0.2, -0.15) is 0 Å². The van der Waals surface area contributed by atoms with Crippen LogP contribution in [0.3, 0.4) is 0 Å². The van der Waals surface area contributed by atoms with Gasteiger partial charge >= 0.3 is 0 Å². The summed E-state index contributed by atoms with van der Waals surface area (Å²) >= 11 is 0. The van der Waals surface area contributed by atoms with Crippen molar-refractivity contribution in [3.05, 3.63) is 0 Å². The normalized spacial score (nSPS) is 35.2. The van der Waals surface area contributed by atoms with E-state index >= 15 is 0 Å². The van der Waals surface area contributed by atoms with Gasteiger partial charge in [-0.15, -0.1) is 0 Å². The summed E-state index contributed by atoms with van der Waals surface area (Å²) in [6.07, 6.45) is 10.3. The van der Waals surface area contributed by atoms with Gasteiger partial charge in [-0.3, -0.25) is 0 Å². The molecule has 3 aliphatic rings. The van der Waals surface area contributed by atoms with Gasteiger partial charge in [0, 0.05) is 25.7 Å². The monoisotopic (exact) mass is 250 g/mol. The van der Waals surface area contributed by atoms with E-state index in [0.29, 0.717) is 0 Å². The highest BCUT2D eigenvalue weighted by atomic mass is 15.2. The third-order valence-corrected chi connectivity index (χ3v) is 5.12. The second-order valence-electron chi connectivity index (χ2n) is 7.26. The quantitative estimate of drug-likeness (QED) is 0.807. The molecule has 0 amide bonds. The molecule has 1 aliphatic heterocycles. The van der Waals surface area contributed by atoms with Crippen LogP contribution in [0.2, 0.25) is 0 Å². The molecule has 0 spiro atoms. The minimum Gasteiger partial charge on any atom is -0.312 e. The highest BCUT2D eigenvalue weighted by Gasteiger charge is 2.28. The van der Waals surface area contributed by atoms with Crippen LogP contribution in [0, 0.1) is 17.8 Å². The maximum absolute atomic E-state index is 3.83. The van der Waals surface area contributed by atoms with Gasteiger partial charge in [0.05, 0.1) is 0 Å². The van der Waals surface area contributed by atoms with Crippen LogP contribution in [-0.2, 0) is 0 Å². The molecule has 2 atom stereocenters. The summed E-state index contributed by atoms with van der Waals surface area (Å²) in [5.41, 5.74) is 0. The predicted octanol–water partition coefficient (Wildman–Crippen LogP) is 2.89. The molecule has 0 bridgehead atoms. The lowest BCUT2D eigenvalue weighted by Gasteiger charge is -2.38. The van der Waals surface area contributed by atoms with Gasteiger partial charge in [0.15, 0.2) is 0 Å². The van der Waals surface area contributed by atoms with Crippen molar-refractivity contribution in [2.24, 2.45) is 17.8 Å². The van der Waals surface area contributed by atoms with Gasteiger partial charge in [0.1, 0.15) is 0 Å². The SMILES string of the molecule is CC1CC(NCC2CC2)CN(CC2CCCC2)C1. The number of nitrogens with one attached hydrogen (secondary N) is 1. The molecule has 0 aromatic rings. The fraction of sp³-hybridized carbons (Fsp3) is 1.00. The molecule has 1 saturated heterocycles. The zero-order valence-electron chi connectivity index (χ0n) is 12.0. The summed E-state index contributed by atoms with van der Waals surface area (Å²) in [6.45, 7) is 7.76. The van der Waals surface area contributed by atoms with Crippen LogP contribution < -0.4 is 5.32 Å². The molecule has 2 heteroatoms. The van der Waals surface area contributed by atoms with Gasteiger partial charge in [0.2, 0.25) is 0 Å². The summed E-state index contributed by atoms with van der Waals surface area (Å²) in [5, 5.41) is 3.83. The first-order chi connectivity index (χ1) is 8.79. The Hall–Kier alpha value is -0.0800. The van der Waals surface area contributed by atoms with E-state index < -0.39 is 0 Å². The molecule has 104 valence electrons. The molecule has 0 aromatic carbocycles. The van der Waals surface area contributed by atoms with E-state index in [-0.39, 0.29) is 0 Å². The van der Waals surface area contributed by atoms with Gasteiger partial charge < -0.3 is 10.2 Å². The largest absolute Gasteiger partial charge is 0.312 e. The standard InChI is InChI=1S/C16H30N2/c1-13-8-16(17-9-14-6-7-14)12-18(10-13)11-15-4-2-3-5-15/h13-17H,2-12H2,1H3. The molecule has 0 aromatic heterocycles. The second-order valence-corrected chi connectivity index (χ2v) is 7.26. The third kappa shape index (κ3) is 3.71. The zero-order valence-corrected chi connectivity index (χ0v) is 12.0. The van der Waals surface area contributed by atoms with Crippen molar-refractivity contribution in [1.82, 2.24) is 10.2 Å². The van der Waals surface area contributed by atoms with Crippen LogP contribution in [0.25, 0.3) is 0 Å². The van der Waals surface area contributed by atoms with E-state index in [1.165, 1.54) is 71.1 Å². The van der Waals surface area contributed by atoms with Crippen LogP contribution in [0.4, 0.5) is 0 Å². The summed E-state index contributed by atoms with van der Waals surface area (Å²) in [4.78, 5) is 2.76. The highest BCUT2D eigenvalue weighted by Crippen LogP contribution is 2.29. The number of piperidine rings is 1. The molecule has 2 unspecified atom stereocenters. The topological polar surface area (TPSA) is 15.3 Å². The van der Waals surface area contributed by atoms with Crippen LogP contribution in [0.1, 0.15) is 51.9 Å². The Morgan fingerprint density at radius 1 is 1.00 bits per heavy atom. The molecule has 0 radical (unpaired) electrons. The third-order valence-electron chi connectivity index (χ3n) is 5.12. The first kappa shape index (κ1) is 12.9. The Kier molecular flexibility index (Phi) is 4.25. The first-order valence-corrected chi connectivity index (χ1v) is 8.25. The number of hydrogen-bond acceptors (Lipinski definition) is 2. The summed E-state index contributed by atoms with van der Waals surface area (Å²) < 4.78 is 0. The van der Waals surface area contributed by atoms with E-state index in [4.69, 9.17) is 0 Å². The van der Waals surface area contributed by atoms with Crippen molar-refractivity contribution in [2.45, 2.75) is 57.9 Å². The van der Waals surface area contributed by atoms with Crippen molar-refractivity contribution in [3.63, 3.8) is 0 Å². The Morgan fingerprint density at radius 3 is 2.50 bits per heavy atom. The Bertz CT molecular complexity index is 256. The number of likely N-dealkylation sites (tertiary alicyclic amines) is 1. The smallest absolute Gasteiger partial charge is 0.0198 e. The number of nitrogens with zero attached hydrogens (tertiary/aromatic N) is 1. The Balaban J connectivity index is 1.44. The first-order valence-electron chi connectivity index (χ1n) is 8.25. The van der Waals surface area contributed by atoms with Crippen molar-refractivity contribution >= 4 is 0 Å². The van der Waals surface area contributed by atoms with E-state index in [1.807, 2.05) is 0 Å². The molecule has 3 rings (SSSR count). The molecule has 18 heavy (non-hydrogen) atoms. The Morgan fingerprint density at radius 2 is 1.78 bits per heavy atom. The average molecular weight is 250 g/mol. The van der Waals surface area contributed by atoms with Gasteiger partial charge in [0.25, 0.3) is 0 Å². The summed E-state index contributed by atoms with van der Waals surface area (Å²) in [7, 11) is 0. The van der Waals surface area contributed by atoms with Gasteiger partial charge in [-0.1, -0.05) is 19.8 Å². The van der Waals surface area contributed by atoms with Crippen LogP contribution in [0.15, 0.2) is 0 Å². The van der Waals surface area contributed by atoms with Crippen molar-refractivity contribution in [2.75, 3.05) is 26.2 Å². The maximum atomic E-state index is 3.83. The lowest BCUT2D eigenvalue weighted by Crippen LogP contribution is -2.50. The molecule has 1 N–H and O–H groups in total. The molecular formula is C16H30N2. The number of rotatable bonds is 5. The molecule has 2 nitrogen and oxygen atoms in total. The number of hydrogen-bond donors (Lipinski definition) is 1. The fourth-order valence-electron chi connectivity index (χ4n) is 3.97. The minimum absolute atomic E-state index is 0.774. The second kappa shape index (κ2) is 5.92. The summed E-state index contributed by atoms with van der Waals surface area (Å²) in [6, 6.07) is 0.774. The molecule has 3 fully saturated rings. The lowest BCUT2D eigenvalue weighted by atomic mass is 9.94. The van der Waals surface area contributed by atoms with Crippen LogP contribution in [-0.4, -0.2) is 37.1 Å².